The van der Waals surface area contributed by atoms with Crippen LogP contribution in [0.4, 0.5) is 0 Å². The molecule has 98 valence electrons. The molecule has 1 heterocycles. The maximum Gasteiger partial charge on any atom is 0.316 e. The number of methoxy groups -OCH3 is 1. The smallest absolute Gasteiger partial charge is 0.316 e. The number of aryl methyl sites for hydroxylation is 1. The van der Waals surface area contributed by atoms with Crippen molar-refractivity contribution in [3.05, 3.63) is 18.0 Å². The van der Waals surface area contributed by atoms with Crippen LogP contribution in [-0.2, 0) is 11.2 Å². The van der Waals surface area contributed by atoms with Crippen molar-refractivity contribution in [2.24, 2.45) is 0 Å². The predicted molar refractivity (Wildman–Crippen MR) is 67.3 cm³/mol. The largest absolute Gasteiger partial charge is 0.467 e. The lowest BCUT2D eigenvalue weighted by Gasteiger charge is -2.11. The molecule has 18 heavy (non-hydrogen) atoms. The first kappa shape index (κ1) is 12.8. The van der Waals surface area contributed by atoms with Gasteiger partial charge in [-0.1, -0.05) is 12.8 Å². The Bertz CT molecular complexity index is 386. The van der Waals surface area contributed by atoms with Crippen molar-refractivity contribution >= 4 is 5.91 Å². The number of nitrogens with zero attached hydrogens (tertiary/aromatic N) is 2. The fourth-order valence-corrected chi connectivity index (χ4v) is 2.21. The Morgan fingerprint density at radius 2 is 2.06 bits per heavy atom. The monoisotopic (exact) mass is 249 g/mol. The van der Waals surface area contributed by atoms with Crippen molar-refractivity contribution in [3.8, 4) is 6.01 Å². The molecule has 0 spiro atoms. The van der Waals surface area contributed by atoms with Crippen LogP contribution in [0, 0.1) is 0 Å². The van der Waals surface area contributed by atoms with E-state index in [0.29, 0.717) is 24.9 Å². The van der Waals surface area contributed by atoms with Gasteiger partial charge in [0.2, 0.25) is 5.91 Å². The van der Waals surface area contributed by atoms with Crippen LogP contribution in [0.25, 0.3) is 0 Å². The molecule has 1 fully saturated rings. The summed E-state index contributed by atoms with van der Waals surface area (Å²) in [5, 5.41) is 3.07. The number of aromatic nitrogens is 2. The fourth-order valence-electron chi connectivity index (χ4n) is 2.21. The number of hydrogen-bond donors (Lipinski definition) is 1. The maximum atomic E-state index is 11.7. The molecule has 0 unspecified atom stereocenters. The molecular formula is C13H19N3O2. The zero-order chi connectivity index (χ0) is 12.8. The molecule has 0 aromatic carbocycles. The first-order chi connectivity index (χ1) is 8.78. The van der Waals surface area contributed by atoms with Gasteiger partial charge in [0, 0.05) is 24.9 Å². The molecule has 0 radical (unpaired) electrons. The van der Waals surface area contributed by atoms with E-state index in [9.17, 15) is 4.79 Å². The molecule has 0 bridgehead atoms. The first-order valence-electron chi connectivity index (χ1n) is 6.42. The van der Waals surface area contributed by atoms with Crippen molar-refractivity contribution in [1.82, 2.24) is 15.3 Å². The van der Waals surface area contributed by atoms with Gasteiger partial charge in [-0.05, 0) is 24.8 Å². The summed E-state index contributed by atoms with van der Waals surface area (Å²) >= 11 is 0. The van der Waals surface area contributed by atoms with Crippen molar-refractivity contribution in [1.29, 1.82) is 0 Å². The topological polar surface area (TPSA) is 64.1 Å². The van der Waals surface area contributed by atoms with Gasteiger partial charge in [0.1, 0.15) is 0 Å². The second-order valence-corrected chi connectivity index (χ2v) is 4.63. The normalized spacial score (nSPS) is 15.6. The molecule has 5 heteroatoms. The third kappa shape index (κ3) is 3.68. The Labute approximate surface area is 107 Å². The van der Waals surface area contributed by atoms with Crippen LogP contribution in [0.5, 0.6) is 6.01 Å². The SMILES string of the molecule is COc1ncc(CCC(=O)NC2CCCC2)cn1. The van der Waals surface area contributed by atoms with E-state index in [1.54, 1.807) is 12.4 Å². The van der Waals surface area contributed by atoms with E-state index >= 15 is 0 Å². The Kier molecular flexibility index (Phi) is 4.50. The Balaban J connectivity index is 1.74. The predicted octanol–water partition coefficient (Wildman–Crippen LogP) is 1.48. The third-order valence-electron chi connectivity index (χ3n) is 3.23. The molecule has 0 atom stereocenters. The zero-order valence-corrected chi connectivity index (χ0v) is 10.7. The van der Waals surface area contributed by atoms with E-state index in [2.05, 4.69) is 15.3 Å². The minimum Gasteiger partial charge on any atom is -0.467 e. The Morgan fingerprint density at radius 1 is 1.39 bits per heavy atom. The number of rotatable bonds is 5. The molecule has 1 aromatic heterocycles. The summed E-state index contributed by atoms with van der Waals surface area (Å²) in [7, 11) is 1.53. The van der Waals surface area contributed by atoms with Gasteiger partial charge < -0.3 is 10.1 Å². The molecule has 1 aliphatic rings. The van der Waals surface area contributed by atoms with Gasteiger partial charge in [-0.3, -0.25) is 4.79 Å². The van der Waals surface area contributed by atoms with Crippen LogP contribution in [-0.4, -0.2) is 29.0 Å². The zero-order valence-electron chi connectivity index (χ0n) is 10.7. The van der Waals surface area contributed by atoms with Gasteiger partial charge >= 0.3 is 6.01 Å². The molecule has 1 N–H and O–H groups in total. The number of nitrogens with one attached hydrogen (secondary N) is 1. The summed E-state index contributed by atoms with van der Waals surface area (Å²) in [5.41, 5.74) is 0.956. The first-order valence-corrected chi connectivity index (χ1v) is 6.42. The minimum absolute atomic E-state index is 0.123. The summed E-state index contributed by atoms with van der Waals surface area (Å²) < 4.78 is 4.88. The summed E-state index contributed by atoms with van der Waals surface area (Å²) in [6.07, 6.45) is 9.28. The van der Waals surface area contributed by atoms with Gasteiger partial charge in [0.05, 0.1) is 7.11 Å². The summed E-state index contributed by atoms with van der Waals surface area (Å²) in [6.45, 7) is 0. The number of carbonyl (C=O) groups is 1. The average molecular weight is 249 g/mol. The summed E-state index contributed by atoms with van der Waals surface area (Å²) in [6, 6.07) is 0.749. The molecule has 0 saturated heterocycles. The second kappa shape index (κ2) is 6.33. The highest BCUT2D eigenvalue weighted by molar-refractivity contribution is 5.76. The molecule has 1 aliphatic carbocycles. The lowest BCUT2D eigenvalue weighted by molar-refractivity contribution is -0.121. The quantitative estimate of drug-likeness (QED) is 0.858. The van der Waals surface area contributed by atoms with Gasteiger partial charge in [-0.25, -0.2) is 9.97 Å². The molecule has 0 aliphatic heterocycles. The molecule has 1 amide bonds. The van der Waals surface area contributed by atoms with Gasteiger partial charge in [0.25, 0.3) is 0 Å². The molecule has 1 aromatic rings. The summed E-state index contributed by atoms with van der Waals surface area (Å²) in [4.78, 5) is 19.7. The van der Waals surface area contributed by atoms with Crippen molar-refractivity contribution in [3.63, 3.8) is 0 Å². The van der Waals surface area contributed by atoms with E-state index in [4.69, 9.17) is 4.74 Å². The summed E-state index contributed by atoms with van der Waals surface area (Å²) in [5.74, 6) is 0.123. The van der Waals surface area contributed by atoms with Crippen molar-refractivity contribution < 1.29 is 9.53 Å². The molecular weight excluding hydrogens is 230 g/mol. The van der Waals surface area contributed by atoms with Crippen LogP contribution in [0.1, 0.15) is 37.7 Å². The van der Waals surface area contributed by atoms with Crippen molar-refractivity contribution in [2.75, 3.05) is 7.11 Å². The Morgan fingerprint density at radius 3 is 2.67 bits per heavy atom. The maximum absolute atomic E-state index is 11.7. The average Bonchev–Trinajstić information content (AvgIpc) is 2.90. The third-order valence-corrected chi connectivity index (χ3v) is 3.23. The van der Waals surface area contributed by atoms with Crippen LogP contribution in [0.3, 0.4) is 0 Å². The Hall–Kier alpha value is -1.65. The lowest BCUT2D eigenvalue weighted by atomic mass is 10.1. The van der Waals surface area contributed by atoms with Crippen LogP contribution in [0.2, 0.25) is 0 Å². The number of ether oxygens (including phenoxy) is 1. The molecule has 2 rings (SSSR count). The number of hydrogen-bond acceptors (Lipinski definition) is 4. The fraction of sp³-hybridized carbons (Fsp3) is 0.615. The van der Waals surface area contributed by atoms with Crippen LogP contribution >= 0.6 is 0 Å². The van der Waals surface area contributed by atoms with Crippen LogP contribution < -0.4 is 10.1 Å². The van der Waals surface area contributed by atoms with Crippen LogP contribution in [0.15, 0.2) is 12.4 Å². The van der Waals surface area contributed by atoms with Crippen molar-refractivity contribution in [2.45, 2.75) is 44.6 Å². The highest BCUT2D eigenvalue weighted by Gasteiger charge is 2.16. The molecule has 5 nitrogen and oxygen atoms in total. The van der Waals surface area contributed by atoms with Gasteiger partial charge in [-0.2, -0.15) is 0 Å². The standard InChI is InChI=1S/C13H19N3O2/c1-18-13-14-8-10(9-15-13)6-7-12(17)16-11-4-2-3-5-11/h8-9,11H,2-7H2,1H3,(H,16,17). The van der Waals surface area contributed by atoms with E-state index in [1.807, 2.05) is 0 Å². The number of amides is 1. The number of carbonyl (C=O) groups excluding carboxylic acids is 1. The van der Waals surface area contributed by atoms with Gasteiger partial charge in [0.15, 0.2) is 0 Å². The van der Waals surface area contributed by atoms with E-state index < -0.39 is 0 Å². The van der Waals surface area contributed by atoms with Gasteiger partial charge in [-0.15, -0.1) is 0 Å². The molecule has 1 saturated carbocycles. The van der Waals surface area contributed by atoms with E-state index in [0.717, 1.165) is 18.4 Å². The highest BCUT2D eigenvalue weighted by atomic mass is 16.5. The second-order valence-electron chi connectivity index (χ2n) is 4.63. The minimum atomic E-state index is 0.123. The van der Waals surface area contributed by atoms with E-state index in [1.165, 1.54) is 20.0 Å². The lowest BCUT2D eigenvalue weighted by Crippen LogP contribution is -2.32. The highest BCUT2D eigenvalue weighted by Crippen LogP contribution is 2.17. The van der Waals surface area contributed by atoms with E-state index in [-0.39, 0.29) is 5.91 Å².